The molecular formula is C20H28N2O5. The first-order valence-corrected chi connectivity index (χ1v) is 8.96. The molecule has 7 nitrogen and oxygen atoms in total. The van der Waals surface area contributed by atoms with Crippen LogP contribution in [-0.2, 0) is 20.9 Å². The smallest absolute Gasteiger partial charge is 0.408 e. The predicted octanol–water partition coefficient (Wildman–Crippen LogP) is 2.86. The second-order valence-electron chi connectivity index (χ2n) is 6.55. The summed E-state index contributed by atoms with van der Waals surface area (Å²) in [6.07, 6.45) is 2.51. The third kappa shape index (κ3) is 8.40. The van der Waals surface area contributed by atoms with Gasteiger partial charge in [-0.15, -0.1) is 6.58 Å². The van der Waals surface area contributed by atoms with Gasteiger partial charge in [-0.2, -0.15) is 0 Å². The number of carboxylic acid groups (broad SMARTS) is 1. The molecule has 0 aliphatic carbocycles. The van der Waals surface area contributed by atoms with Crippen LogP contribution in [0.4, 0.5) is 4.79 Å². The third-order valence-corrected chi connectivity index (χ3v) is 3.95. The maximum absolute atomic E-state index is 12.5. The maximum atomic E-state index is 12.5. The van der Waals surface area contributed by atoms with Gasteiger partial charge in [0.1, 0.15) is 18.7 Å². The van der Waals surface area contributed by atoms with Gasteiger partial charge in [0.15, 0.2) is 0 Å². The highest BCUT2D eigenvalue weighted by Gasteiger charge is 2.28. The van der Waals surface area contributed by atoms with Crippen molar-refractivity contribution >= 4 is 18.0 Å². The molecule has 0 aromatic heterocycles. The van der Waals surface area contributed by atoms with Crippen molar-refractivity contribution in [3.8, 4) is 0 Å². The van der Waals surface area contributed by atoms with Crippen LogP contribution in [0.3, 0.4) is 0 Å². The van der Waals surface area contributed by atoms with Crippen LogP contribution in [0, 0.1) is 5.92 Å². The molecule has 7 heteroatoms. The Morgan fingerprint density at radius 2 is 1.85 bits per heavy atom. The van der Waals surface area contributed by atoms with Crippen LogP contribution in [0.25, 0.3) is 0 Å². The zero-order valence-electron chi connectivity index (χ0n) is 15.8. The molecule has 0 saturated carbocycles. The van der Waals surface area contributed by atoms with Crippen molar-refractivity contribution in [3.05, 3.63) is 48.6 Å². The van der Waals surface area contributed by atoms with Gasteiger partial charge >= 0.3 is 12.1 Å². The van der Waals surface area contributed by atoms with Crippen molar-refractivity contribution in [2.75, 3.05) is 0 Å². The highest BCUT2D eigenvalue weighted by atomic mass is 16.5. The summed E-state index contributed by atoms with van der Waals surface area (Å²) in [5.41, 5.74) is 0.825. The molecule has 148 valence electrons. The summed E-state index contributed by atoms with van der Waals surface area (Å²) in [6, 6.07) is 7.26. The van der Waals surface area contributed by atoms with Crippen LogP contribution >= 0.6 is 0 Å². The van der Waals surface area contributed by atoms with Crippen molar-refractivity contribution in [1.82, 2.24) is 10.6 Å². The van der Waals surface area contributed by atoms with E-state index in [1.54, 1.807) is 19.9 Å². The SMILES string of the molecule is C=CCCC[C@@H](NC(=O)[C@H](NC(=O)OCc1ccccc1)C(C)C)C(=O)O. The molecule has 27 heavy (non-hydrogen) atoms. The zero-order valence-corrected chi connectivity index (χ0v) is 15.8. The lowest BCUT2D eigenvalue weighted by atomic mass is 10.0. The van der Waals surface area contributed by atoms with Crippen molar-refractivity contribution in [1.29, 1.82) is 0 Å². The zero-order chi connectivity index (χ0) is 20.2. The minimum absolute atomic E-state index is 0.0818. The summed E-state index contributed by atoms with van der Waals surface area (Å²) in [4.78, 5) is 35.9. The minimum atomic E-state index is -1.11. The molecule has 2 atom stereocenters. The highest BCUT2D eigenvalue weighted by molar-refractivity contribution is 5.89. The molecule has 1 rings (SSSR count). The largest absolute Gasteiger partial charge is 0.480 e. The molecule has 0 aliphatic rings. The molecule has 1 aromatic carbocycles. The fourth-order valence-electron chi connectivity index (χ4n) is 2.41. The Bertz CT molecular complexity index is 631. The Morgan fingerprint density at radius 3 is 2.41 bits per heavy atom. The number of carboxylic acids is 1. The number of benzene rings is 1. The number of hydrogen-bond donors (Lipinski definition) is 3. The Morgan fingerprint density at radius 1 is 1.19 bits per heavy atom. The van der Waals surface area contributed by atoms with E-state index in [1.807, 2.05) is 30.3 Å². The Labute approximate surface area is 159 Å². The second-order valence-corrected chi connectivity index (χ2v) is 6.55. The summed E-state index contributed by atoms with van der Waals surface area (Å²) < 4.78 is 5.13. The van der Waals surface area contributed by atoms with Crippen molar-refractivity contribution < 1.29 is 24.2 Å². The quantitative estimate of drug-likeness (QED) is 0.407. The molecule has 0 radical (unpaired) electrons. The number of carbonyl (C=O) groups is 3. The number of ether oxygens (including phenoxy) is 1. The van der Waals surface area contributed by atoms with Crippen LogP contribution in [0.2, 0.25) is 0 Å². The highest BCUT2D eigenvalue weighted by Crippen LogP contribution is 2.07. The Balaban J connectivity index is 2.61. The average molecular weight is 376 g/mol. The van der Waals surface area contributed by atoms with Gasteiger partial charge in [-0.05, 0) is 30.7 Å². The Hall–Kier alpha value is -2.83. The number of carbonyl (C=O) groups excluding carboxylic acids is 2. The first kappa shape index (κ1) is 22.2. The summed E-state index contributed by atoms with van der Waals surface area (Å²) in [5, 5.41) is 14.3. The molecule has 1 aromatic rings. The lowest BCUT2D eigenvalue weighted by Gasteiger charge is -2.23. The molecular weight excluding hydrogens is 348 g/mol. The van der Waals surface area contributed by atoms with E-state index in [0.717, 1.165) is 5.56 Å². The summed E-state index contributed by atoms with van der Waals surface area (Å²) >= 11 is 0. The minimum Gasteiger partial charge on any atom is -0.480 e. The predicted molar refractivity (Wildman–Crippen MR) is 102 cm³/mol. The van der Waals surface area contributed by atoms with Gasteiger partial charge in [0, 0.05) is 0 Å². The number of amides is 2. The molecule has 0 saturated heterocycles. The maximum Gasteiger partial charge on any atom is 0.408 e. The number of hydrogen-bond acceptors (Lipinski definition) is 4. The number of aliphatic carboxylic acids is 1. The van der Waals surface area contributed by atoms with E-state index in [0.29, 0.717) is 12.8 Å². The van der Waals surface area contributed by atoms with E-state index in [9.17, 15) is 19.5 Å². The van der Waals surface area contributed by atoms with Crippen molar-refractivity contribution in [2.45, 2.75) is 51.8 Å². The number of alkyl carbamates (subject to hydrolysis) is 1. The molecule has 0 spiro atoms. The lowest BCUT2D eigenvalue weighted by Crippen LogP contribution is -2.53. The lowest BCUT2D eigenvalue weighted by molar-refractivity contribution is -0.142. The second kappa shape index (κ2) is 11.7. The average Bonchev–Trinajstić information content (AvgIpc) is 2.64. The van der Waals surface area contributed by atoms with E-state index in [1.165, 1.54) is 0 Å². The molecule has 0 unspecified atom stereocenters. The van der Waals surface area contributed by atoms with E-state index < -0.39 is 30.1 Å². The fourth-order valence-corrected chi connectivity index (χ4v) is 2.41. The van der Waals surface area contributed by atoms with Gasteiger partial charge in [-0.3, -0.25) is 4.79 Å². The number of unbranched alkanes of at least 4 members (excludes halogenated alkanes) is 1. The van der Waals surface area contributed by atoms with Gasteiger partial charge in [0.2, 0.25) is 5.91 Å². The van der Waals surface area contributed by atoms with E-state index >= 15 is 0 Å². The van der Waals surface area contributed by atoms with Crippen LogP contribution in [-0.4, -0.2) is 35.2 Å². The molecule has 0 heterocycles. The molecule has 0 aliphatic heterocycles. The monoisotopic (exact) mass is 376 g/mol. The molecule has 3 N–H and O–H groups in total. The third-order valence-electron chi connectivity index (χ3n) is 3.95. The van der Waals surface area contributed by atoms with Crippen LogP contribution < -0.4 is 10.6 Å². The number of allylic oxidation sites excluding steroid dienone is 1. The van der Waals surface area contributed by atoms with Crippen molar-refractivity contribution in [3.63, 3.8) is 0 Å². The van der Waals surface area contributed by atoms with Crippen molar-refractivity contribution in [2.24, 2.45) is 5.92 Å². The van der Waals surface area contributed by atoms with Gasteiger partial charge in [0.05, 0.1) is 0 Å². The first-order valence-electron chi connectivity index (χ1n) is 8.96. The van der Waals surface area contributed by atoms with Crippen LogP contribution in [0.5, 0.6) is 0 Å². The fraction of sp³-hybridized carbons (Fsp3) is 0.450. The first-order chi connectivity index (χ1) is 12.8. The van der Waals surface area contributed by atoms with Crippen LogP contribution in [0.1, 0.15) is 38.7 Å². The normalized spacial score (nSPS) is 12.7. The van der Waals surface area contributed by atoms with E-state index in [2.05, 4.69) is 17.2 Å². The molecule has 0 bridgehead atoms. The van der Waals surface area contributed by atoms with Gasteiger partial charge < -0.3 is 20.5 Å². The number of rotatable bonds is 11. The Kier molecular flexibility index (Phi) is 9.64. The molecule has 0 fully saturated rings. The topological polar surface area (TPSA) is 105 Å². The summed E-state index contributed by atoms with van der Waals surface area (Å²) in [6.45, 7) is 7.19. The van der Waals surface area contributed by atoms with E-state index in [-0.39, 0.29) is 18.9 Å². The standard InChI is InChI=1S/C20H28N2O5/c1-4-5-7-12-16(19(24)25)21-18(23)17(14(2)3)22-20(26)27-13-15-10-8-6-9-11-15/h4,6,8-11,14,16-17H,1,5,7,12-13H2,2-3H3,(H,21,23)(H,22,26)(H,24,25)/t16-,17-/m1/s1. The summed E-state index contributed by atoms with van der Waals surface area (Å²) in [7, 11) is 0. The van der Waals surface area contributed by atoms with Gasteiger partial charge in [-0.25, -0.2) is 9.59 Å². The summed E-state index contributed by atoms with van der Waals surface area (Å²) in [5.74, 6) is -1.90. The number of nitrogens with one attached hydrogen (secondary N) is 2. The van der Waals surface area contributed by atoms with Gasteiger partial charge in [0.25, 0.3) is 0 Å². The van der Waals surface area contributed by atoms with Gasteiger partial charge in [-0.1, -0.05) is 50.3 Å². The molecule has 2 amide bonds. The van der Waals surface area contributed by atoms with E-state index in [4.69, 9.17) is 4.74 Å². The van der Waals surface area contributed by atoms with Crippen LogP contribution in [0.15, 0.2) is 43.0 Å².